The summed E-state index contributed by atoms with van der Waals surface area (Å²) < 4.78 is 5.85. The average molecular weight is 511 g/mol. The van der Waals surface area contributed by atoms with E-state index in [0.29, 0.717) is 43.7 Å². The number of aliphatic imine (C=N–C) groups is 1. The molecule has 0 saturated carbocycles. The Kier molecular flexibility index (Phi) is 11.5. The number of hydrogen-bond acceptors (Lipinski definition) is 5. The third-order valence-corrected chi connectivity index (χ3v) is 5.60. The van der Waals surface area contributed by atoms with Crippen molar-refractivity contribution < 1.29 is 14.3 Å². The quantitative estimate of drug-likeness (QED) is 0.265. The standard InChI is InChI=1S/C29H28N4O3.C2H6/c34-22-30-18-20-33(19-16-23-10-13-26(14-11-23)36-25-7-3-1-4-8-25)29(35)24-12-15-28(32-21-24)27-9-5-2-6-17-31-27;1-2/h1-5,7-15,17,21-22H,6,16,18-20H2,(H,30,34);1-2H3. The highest BCUT2D eigenvalue weighted by molar-refractivity contribution is 5.94. The van der Waals surface area contributed by atoms with E-state index in [2.05, 4.69) is 15.3 Å². The van der Waals surface area contributed by atoms with Crippen molar-refractivity contribution in [1.82, 2.24) is 15.2 Å². The summed E-state index contributed by atoms with van der Waals surface area (Å²) in [7, 11) is 0. The van der Waals surface area contributed by atoms with E-state index in [1.165, 1.54) is 0 Å². The Morgan fingerprint density at radius 3 is 2.47 bits per heavy atom. The highest BCUT2D eigenvalue weighted by Gasteiger charge is 2.16. The van der Waals surface area contributed by atoms with Crippen LogP contribution in [-0.2, 0) is 11.2 Å². The summed E-state index contributed by atoms with van der Waals surface area (Å²) in [6, 6.07) is 21.0. The van der Waals surface area contributed by atoms with Crippen molar-refractivity contribution in [3.8, 4) is 11.5 Å². The van der Waals surface area contributed by atoms with Crippen molar-refractivity contribution in [3.63, 3.8) is 0 Å². The summed E-state index contributed by atoms with van der Waals surface area (Å²) in [5.74, 6) is 1.40. The van der Waals surface area contributed by atoms with Gasteiger partial charge in [-0.05, 0) is 54.5 Å². The Morgan fingerprint density at radius 1 is 1.00 bits per heavy atom. The smallest absolute Gasteiger partial charge is 0.255 e. The van der Waals surface area contributed by atoms with Gasteiger partial charge in [-0.15, -0.1) is 0 Å². The Morgan fingerprint density at radius 2 is 1.76 bits per heavy atom. The van der Waals surface area contributed by atoms with Crippen LogP contribution in [0.2, 0.25) is 0 Å². The molecule has 0 unspecified atom stereocenters. The Hall–Kier alpha value is -4.52. The summed E-state index contributed by atoms with van der Waals surface area (Å²) in [4.78, 5) is 34.6. The zero-order valence-electron chi connectivity index (χ0n) is 21.9. The normalized spacial score (nSPS) is 11.9. The van der Waals surface area contributed by atoms with Gasteiger partial charge in [0.25, 0.3) is 5.91 Å². The van der Waals surface area contributed by atoms with E-state index < -0.39 is 0 Å². The molecule has 0 spiro atoms. The van der Waals surface area contributed by atoms with Gasteiger partial charge < -0.3 is 15.0 Å². The van der Waals surface area contributed by atoms with Gasteiger partial charge in [-0.3, -0.25) is 19.6 Å². The van der Waals surface area contributed by atoms with Gasteiger partial charge in [-0.2, -0.15) is 0 Å². The van der Waals surface area contributed by atoms with Crippen molar-refractivity contribution in [2.75, 3.05) is 19.6 Å². The first-order chi connectivity index (χ1) is 18.7. The second-order valence-electron chi connectivity index (χ2n) is 8.13. The number of benzene rings is 2. The lowest BCUT2D eigenvalue weighted by Crippen LogP contribution is -2.38. The van der Waals surface area contributed by atoms with Crippen LogP contribution in [-0.4, -0.2) is 48.1 Å². The second-order valence-corrected chi connectivity index (χ2v) is 8.13. The summed E-state index contributed by atoms with van der Waals surface area (Å²) >= 11 is 0. The van der Waals surface area contributed by atoms with E-state index in [0.717, 1.165) is 29.2 Å². The second kappa shape index (κ2) is 15.6. The minimum absolute atomic E-state index is 0.135. The van der Waals surface area contributed by atoms with E-state index >= 15 is 0 Å². The molecule has 7 nitrogen and oxygen atoms in total. The van der Waals surface area contributed by atoms with Crippen LogP contribution in [0.3, 0.4) is 0 Å². The molecule has 0 saturated heterocycles. The van der Waals surface area contributed by atoms with Gasteiger partial charge in [0, 0.05) is 38.5 Å². The molecule has 2 amide bonds. The van der Waals surface area contributed by atoms with Crippen LogP contribution in [0.25, 0.3) is 5.70 Å². The molecule has 2 aromatic carbocycles. The van der Waals surface area contributed by atoms with Gasteiger partial charge in [-0.1, -0.05) is 56.3 Å². The number of amides is 2. The fourth-order valence-corrected chi connectivity index (χ4v) is 3.68. The summed E-state index contributed by atoms with van der Waals surface area (Å²) in [5.41, 5.74) is 3.04. The van der Waals surface area contributed by atoms with Crippen molar-refractivity contribution in [2.24, 2.45) is 4.99 Å². The number of pyridine rings is 1. The molecule has 1 aromatic heterocycles. The van der Waals surface area contributed by atoms with E-state index in [1.807, 2.05) is 99.0 Å². The number of ether oxygens (including phenoxy) is 1. The van der Waals surface area contributed by atoms with Gasteiger partial charge >= 0.3 is 0 Å². The Balaban J connectivity index is 0.00000195. The molecule has 1 N–H and O–H groups in total. The van der Waals surface area contributed by atoms with Crippen LogP contribution >= 0.6 is 0 Å². The van der Waals surface area contributed by atoms with Crippen molar-refractivity contribution in [2.45, 2.75) is 26.7 Å². The number of aromatic nitrogens is 1. The van der Waals surface area contributed by atoms with E-state index in [4.69, 9.17) is 4.74 Å². The van der Waals surface area contributed by atoms with Crippen LogP contribution in [0.5, 0.6) is 11.5 Å². The molecule has 2 heterocycles. The van der Waals surface area contributed by atoms with E-state index in [9.17, 15) is 9.59 Å². The maximum Gasteiger partial charge on any atom is 0.255 e. The number of carbonyl (C=O) groups is 2. The van der Waals surface area contributed by atoms with Gasteiger partial charge in [0.2, 0.25) is 6.41 Å². The SMILES string of the molecule is CC.O=CNCCN(CCc1ccc(Oc2ccccc2)cc1)C(=O)c1ccc(C2=CC=CCC=N2)nc1. The number of nitrogens with zero attached hydrogens (tertiary/aromatic N) is 3. The molecule has 0 fully saturated rings. The van der Waals surface area contributed by atoms with E-state index in [-0.39, 0.29) is 5.91 Å². The number of allylic oxidation sites excluding steroid dienone is 3. The largest absolute Gasteiger partial charge is 0.457 e. The maximum atomic E-state index is 13.3. The fraction of sp³-hybridized carbons (Fsp3) is 0.226. The average Bonchev–Trinajstić information content (AvgIpc) is 3.27. The highest BCUT2D eigenvalue weighted by atomic mass is 16.5. The highest BCUT2D eigenvalue weighted by Crippen LogP contribution is 2.21. The van der Waals surface area contributed by atoms with Crippen LogP contribution in [0.1, 0.15) is 41.9 Å². The van der Waals surface area contributed by atoms with E-state index in [1.54, 1.807) is 17.2 Å². The molecule has 7 heteroatoms. The van der Waals surface area contributed by atoms with Crippen LogP contribution in [0.4, 0.5) is 0 Å². The molecule has 4 rings (SSSR count). The van der Waals surface area contributed by atoms with Gasteiger partial charge in [0.05, 0.1) is 17.0 Å². The molecule has 38 heavy (non-hydrogen) atoms. The third-order valence-electron chi connectivity index (χ3n) is 5.60. The predicted molar refractivity (Wildman–Crippen MR) is 152 cm³/mol. The molecule has 196 valence electrons. The number of nitrogens with one attached hydrogen (secondary N) is 1. The zero-order valence-corrected chi connectivity index (χ0v) is 21.9. The molecule has 1 aliphatic heterocycles. The van der Waals surface area contributed by atoms with Crippen LogP contribution in [0, 0.1) is 0 Å². The van der Waals surface area contributed by atoms with Crippen molar-refractivity contribution >= 4 is 24.2 Å². The van der Waals surface area contributed by atoms with Gasteiger partial charge in [0.1, 0.15) is 11.5 Å². The maximum absolute atomic E-state index is 13.3. The summed E-state index contributed by atoms with van der Waals surface area (Å²) in [5, 5.41) is 2.64. The van der Waals surface area contributed by atoms with Crippen LogP contribution < -0.4 is 10.1 Å². The number of para-hydroxylation sites is 1. The molecule has 0 aliphatic carbocycles. The molecule has 0 bridgehead atoms. The predicted octanol–water partition coefficient (Wildman–Crippen LogP) is 5.70. The fourth-order valence-electron chi connectivity index (χ4n) is 3.68. The van der Waals surface area contributed by atoms with Gasteiger partial charge in [-0.25, -0.2) is 0 Å². The number of carbonyl (C=O) groups excluding carboxylic acids is 2. The zero-order chi connectivity index (χ0) is 27.0. The molecule has 3 aromatic rings. The topological polar surface area (TPSA) is 83.9 Å². The lowest BCUT2D eigenvalue weighted by atomic mass is 10.1. The minimum atomic E-state index is -0.135. The monoisotopic (exact) mass is 510 g/mol. The lowest BCUT2D eigenvalue weighted by Gasteiger charge is -2.23. The van der Waals surface area contributed by atoms with Gasteiger partial charge in [0.15, 0.2) is 0 Å². The van der Waals surface area contributed by atoms with Crippen molar-refractivity contribution in [3.05, 3.63) is 108 Å². The number of rotatable bonds is 11. The molecular formula is C31H34N4O3. The third kappa shape index (κ3) is 8.55. The summed E-state index contributed by atoms with van der Waals surface area (Å²) in [6.07, 6.45) is 11.4. The molecule has 0 radical (unpaired) electrons. The summed E-state index contributed by atoms with van der Waals surface area (Å²) in [6.45, 7) is 5.27. The first-order valence-electron chi connectivity index (χ1n) is 12.9. The first kappa shape index (κ1) is 28.1. The molecule has 0 atom stereocenters. The van der Waals surface area contributed by atoms with Crippen LogP contribution in [0.15, 0.2) is 96.1 Å². The minimum Gasteiger partial charge on any atom is -0.457 e. The van der Waals surface area contributed by atoms with Crippen molar-refractivity contribution in [1.29, 1.82) is 0 Å². The number of hydrogen-bond donors (Lipinski definition) is 1. The molecule has 1 aliphatic rings. The Bertz CT molecular complexity index is 1230. The Labute approximate surface area is 224 Å². The first-order valence-corrected chi connectivity index (χ1v) is 12.9. The molecular weight excluding hydrogens is 476 g/mol. The lowest BCUT2D eigenvalue weighted by molar-refractivity contribution is -0.109.